The van der Waals surface area contributed by atoms with Crippen LogP contribution in [0.4, 0.5) is 11.4 Å². The lowest BCUT2D eigenvalue weighted by atomic mass is 9.67. The zero-order chi connectivity index (χ0) is 28.4. The Labute approximate surface area is 238 Å². The lowest BCUT2D eigenvalue weighted by molar-refractivity contribution is 0.762. The molecule has 2 nitrogen and oxygen atoms in total. The number of hydrogen-bond acceptors (Lipinski definition) is 2. The summed E-state index contributed by atoms with van der Waals surface area (Å²) in [5.41, 5.74) is 10.2. The van der Waals surface area contributed by atoms with Gasteiger partial charge in [0.15, 0.2) is 0 Å². The lowest BCUT2D eigenvalue weighted by Crippen LogP contribution is -2.29. The topological polar surface area (TPSA) is 35.9 Å². The van der Waals surface area contributed by atoms with Crippen LogP contribution >= 0.6 is 0 Å². The van der Waals surface area contributed by atoms with E-state index in [0.29, 0.717) is 0 Å². The molecule has 0 saturated carbocycles. The lowest BCUT2D eigenvalue weighted by Gasteiger charge is -2.35. The van der Waals surface area contributed by atoms with Crippen molar-refractivity contribution in [2.24, 2.45) is 0 Å². The molecule has 0 radical (unpaired) electrons. The number of hydrogen-bond donors (Lipinski definition) is 2. The van der Waals surface area contributed by atoms with Gasteiger partial charge in [-0.3, -0.25) is 0 Å². The van der Waals surface area contributed by atoms with E-state index in [1.807, 2.05) is 18.2 Å². The van der Waals surface area contributed by atoms with Crippen LogP contribution in [0.15, 0.2) is 152 Å². The third kappa shape index (κ3) is 5.43. The maximum absolute atomic E-state index is 6.08. The van der Waals surface area contributed by atoms with E-state index >= 15 is 0 Å². The van der Waals surface area contributed by atoms with Crippen molar-refractivity contribution in [3.05, 3.63) is 180 Å². The van der Waals surface area contributed by atoms with Crippen molar-refractivity contribution >= 4 is 29.2 Å². The van der Waals surface area contributed by atoms with Crippen LogP contribution in [0.25, 0.3) is 11.6 Å². The molecule has 0 fully saturated rings. The second-order valence-electron chi connectivity index (χ2n) is 9.40. The highest BCUT2D eigenvalue weighted by Gasteiger charge is 2.45. The molecule has 1 aliphatic rings. The first-order valence-electron chi connectivity index (χ1n) is 13.5. The Morgan fingerprint density at radius 1 is 0.700 bits per heavy atom. The fourth-order valence-corrected chi connectivity index (χ4v) is 5.45. The summed E-state index contributed by atoms with van der Waals surface area (Å²) in [6.45, 7) is 11.8. The summed E-state index contributed by atoms with van der Waals surface area (Å²) in [7, 11) is 0. The van der Waals surface area contributed by atoms with Gasteiger partial charge in [0.25, 0.3) is 0 Å². The van der Waals surface area contributed by atoms with Crippen molar-refractivity contribution < 1.29 is 0 Å². The van der Waals surface area contributed by atoms with Crippen LogP contribution in [0.5, 0.6) is 0 Å². The Bertz CT molecular complexity index is 1550. The fourth-order valence-electron chi connectivity index (χ4n) is 5.45. The molecule has 0 saturated heterocycles. The minimum atomic E-state index is -0.438. The Kier molecular flexibility index (Phi) is 9.27. The Hall–Kier alpha value is -4.95. The highest BCUT2D eigenvalue weighted by atomic mass is 14.9. The van der Waals surface area contributed by atoms with Crippen LogP contribution in [0, 0.1) is 5.41 Å². The minimum Gasteiger partial charge on any atom is -0.356 e. The Balaban J connectivity index is 0.00000118. The molecular weight excluding hydrogens is 484 g/mol. The number of fused-ring (bicyclic) bond motifs is 1. The summed E-state index contributed by atoms with van der Waals surface area (Å²) in [5, 5.41) is 9.63. The average molecular weight is 521 g/mol. The van der Waals surface area contributed by atoms with Gasteiger partial charge in [0, 0.05) is 11.4 Å². The van der Waals surface area contributed by atoms with Gasteiger partial charge < -0.3 is 10.7 Å². The molecule has 0 heterocycles. The van der Waals surface area contributed by atoms with Gasteiger partial charge in [-0.2, -0.15) is 0 Å². The third-order valence-electron chi connectivity index (χ3n) is 7.00. The first kappa shape index (κ1) is 28.1. The minimum absolute atomic E-state index is 0.438. The molecule has 1 aliphatic carbocycles. The van der Waals surface area contributed by atoms with E-state index < -0.39 is 5.41 Å². The maximum atomic E-state index is 6.08. The highest BCUT2D eigenvalue weighted by molar-refractivity contribution is 5.91. The molecule has 40 heavy (non-hydrogen) atoms. The number of allylic oxidation sites excluding steroid dienone is 7. The number of anilines is 2. The molecule has 0 spiro atoms. The standard InChI is InChI=1S/C36H31N.C2H5N/c1-4-7-14-27-19-23-30(24-20-27)37-31-25-21-29(22-26-31)36(28-15-9-8-10-16-28)34(6-3)32(13-5-2)33-17-11-12-18-35(33)36;1-2-3/h4-26,37H,1,3H2,2H3;2-3H,1H3/b13-5-,14-7+;. The van der Waals surface area contributed by atoms with Gasteiger partial charge in [0.1, 0.15) is 0 Å². The summed E-state index contributed by atoms with van der Waals surface area (Å²) < 4.78 is 0. The van der Waals surface area contributed by atoms with Crippen LogP contribution < -0.4 is 5.32 Å². The second-order valence-corrected chi connectivity index (χ2v) is 9.40. The van der Waals surface area contributed by atoms with E-state index in [-0.39, 0.29) is 0 Å². The van der Waals surface area contributed by atoms with Crippen LogP contribution in [0.1, 0.15) is 41.7 Å². The quantitative estimate of drug-likeness (QED) is 0.176. The zero-order valence-electron chi connectivity index (χ0n) is 23.3. The van der Waals surface area contributed by atoms with Gasteiger partial charge in [-0.05, 0) is 83.3 Å². The van der Waals surface area contributed by atoms with Gasteiger partial charge in [-0.15, -0.1) is 0 Å². The summed E-state index contributed by atoms with van der Waals surface area (Å²) in [6, 6.07) is 36.7. The predicted molar refractivity (Wildman–Crippen MR) is 175 cm³/mol. The first-order chi connectivity index (χ1) is 19.6. The van der Waals surface area contributed by atoms with Crippen molar-refractivity contribution in [3.63, 3.8) is 0 Å². The normalized spacial score (nSPS) is 15.8. The molecule has 4 aromatic carbocycles. The summed E-state index contributed by atoms with van der Waals surface area (Å²) >= 11 is 0. The predicted octanol–water partition coefficient (Wildman–Crippen LogP) is 10.1. The van der Waals surface area contributed by atoms with E-state index in [9.17, 15) is 0 Å². The van der Waals surface area contributed by atoms with Gasteiger partial charge in [0.2, 0.25) is 0 Å². The summed E-state index contributed by atoms with van der Waals surface area (Å²) in [4.78, 5) is 0. The second kappa shape index (κ2) is 13.2. The molecule has 2 heteroatoms. The molecule has 4 aromatic rings. The van der Waals surface area contributed by atoms with Gasteiger partial charge >= 0.3 is 0 Å². The molecule has 5 rings (SSSR count). The Morgan fingerprint density at radius 3 is 1.88 bits per heavy atom. The van der Waals surface area contributed by atoms with Gasteiger partial charge in [-0.1, -0.05) is 128 Å². The third-order valence-corrected chi connectivity index (χ3v) is 7.00. The van der Waals surface area contributed by atoms with E-state index in [1.165, 1.54) is 39.6 Å². The molecule has 0 amide bonds. The summed E-state index contributed by atoms with van der Waals surface area (Å²) in [6.07, 6.45) is 13.4. The SMILES string of the molecule is C=C/C=C/c1ccc(Nc2ccc(C3(c4ccccc4)C(C=C)=C(/C=C\C)c4ccccc43)cc2)cc1.CC=N. The van der Waals surface area contributed by atoms with E-state index in [0.717, 1.165) is 16.9 Å². The molecule has 2 N–H and O–H groups in total. The molecule has 1 unspecified atom stereocenters. The van der Waals surface area contributed by atoms with Crippen LogP contribution in [-0.2, 0) is 5.41 Å². The van der Waals surface area contributed by atoms with Crippen molar-refractivity contribution in [3.8, 4) is 0 Å². The van der Waals surface area contributed by atoms with Crippen molar-refractivity contribution in [1.29, 1.82) is 5.41 Å². The molecule has 0 aliphatic heterocycles. The van der Waals surface area contributed by atoms with Crippen LogP contribution in [-0.4, -0.2) is 6.21 Å². The summed E-state index contributed by atoms with van der Waals surface area (Å²) in [5.74, 6) is 0. The largest absolute Gasteiger partial charge is 0.356 e. The molecule has 0 aromatic heterocycles. The van der Waals surface area contributed by atoms with Gasteiger partial charge in [-0.25, -0.2) is 0 Å². The van der Waals surface area contributed by atoms with Crippen molar-refractivity contribution in [1.82, 2.24) is 0 Å². The molecule has 1 atom stereocenters. The van der Waals surface area contributed by atoms with Crippen molar-refractivity contribution in [2.75, 3.05) is 5.32 Å². The number of nitrogens with one attached hydrogen (secondary N) is 2. The van der Waals surface area contributed by atoms with Crippen LogP contribution in [0.2, 0.25) is 0 Å². The number of benzene rings is 4. The molecular formula is C38H36N2. The van der Waals surface area contributed by atoms with E-state index in [1.54, 1.807) is 13.0 Å². The smallest absolute Gasteiger partial charge is 0.0713 e. The van der Waals surface area contributed by atoms with E-state index in [4.69, 9.17) is 5.41 Å². The Morgan fingerprint density at radius 2 is 1.27 bits per heavy atom. The van der Waals surface area contributed by atoms with Gasteiger partial charge in [0.05, 0.1) is 5.41 Å². The highest BCUT2D eigenvalue weighted by Crippen LogP contribution is 2.55. The molecule has 0 bridgehead atoms. The maximum Gasteiger partial charge on any atom is 0.0713 e. The van der Waals surface area contributed by atoms with Crippen LogP contribution in [0.3, 0.4) is 0 Å². The van der Waals surface area contributed by atoms with Crippen molar-refractivity contribution in [2.45, 2.75) is 19.3 Å². The van der Waals surface area contributed by atoms with E-state index in [2.05, 4.69) is 141 Å². The number of rotatable bonds is 8. The monoisotopic (exact) mass is 520 g/mol. The average Bonchev–Trinajstić information content (AvgIpc) is 3.28. The zero-order valence-corrected chi connectivity index (χ0v) is 23.3. The first-order valence-corrected chi connectivity index (χ1v) is 13.5. The molecule has 198 valence electrons. The fraction of sp³-hybridized carbons (Fsp3) is 0.0789.